The minimum Gasteiger partial charge on any atom is -0.497 e. The van der Waals surface area contributed by atoms with Gasteiger partial charge in [-0.15, -0.1) is 0 Å². The summed E-state index contributed by atoms with van der Waals surface area (Å²) in [6.45, 7) is 4.66. The number of benzene rings is 2. The molecule has 2 aliphatic heterocycles. The van der Waals surface area contributed by atoms with Gasteiger partial charge in [-0.2, -0.15) is 4.98 Å². The van der Waals surface area contributed by atoms with Crippen LogP contribution in [0, 0.1) is 0 Å². The summed E-state index contributed by atoms with van der Waals surface area (Å²) >= 11 is 0. The number of carbonyl (C=O) groups excluding carboxylic acids is 1. The molecular formula is C28H33N5O4. The van der Waals surface area contributed by atoms with E-state index < -0.39 is 0 Å². The zero-order valence-electron chi connectivity index (χ0n) is 21.6. The van der Waals surface area contributed by atoms with E-state index in [0.717, 1.165) is 48.7 Å². The van der Waals surface area contributed by atoms with Crippen molar-refractivity contribution in [1.29, 1.82) is 0 Å². The number of anilines is 1. The summed E-state index contributed by atoms with van der Waals surface area (Å²) in [5, 5.41) is 0. The highest BCUT2D eigenvalue weighted by molar-refractivity contribution is 5.79. The highest BCUT2D eigenvalue weighted by Crippen LogP contribution is 2.33. The standard InChI is InChI=1S/C28H33N5O4/c1-31-13-15-32(16-14-31)28-29-25-11-12-33(26(34)17-20-7-9-21(35-2)10-8-20)19-24(25)27(30-28)37-23-6-4-5-22(18-23)36-3/h4-10,18H,11-17,19H2,1-3H3. The molecule has 0 bridgehead atoms. The second-order valence-electron chi connectivity index (χ2n) is 9.42. The summed E-state index contributed by atoms with van der Waals surface area (Å²) in [7, 11) is 5.39. The summed E-state index contributed by atoms with van der Waals surface area (Å²) in [6, 6.07) is 15.1. The summed E-state index contributed by atoms with van der Waals surface area (Å²) < 4.78 is 16.9. The van der Waals surface area contributed by atoms with Crippen LogP contribution in [-0.2, 0) is 24.2 Å². The number of likely N-dealkylation sites (N-methyl/N-ethyl adjacent to an activating group) is 1. The van der Waals surface area contributed by atoms with Crippen LogP contribution >= 0.6 is 0 Å². The Morgan fingerprint density at radius 2 is 1.62 bits per heavy atom. The van der Waals surface area contributed by atoms with Crippen molar-refractivity contribution in [2.45, 2.75) is 19.4 Å². The number of amides is 1. The molecule has 0 unspecified atom stereocenters. The zero-order valence-corrected chi connectivity index (χ0v) is 21.6. The van der Waals surface area contributed by atoms with Crippen LogP contribution in [0.5, 0.6) is 23.1 Å². The highest BCUT2D eigenvalue weighted by Gasteiger charge is 2.28. The molecule has 0 radical (unpaired) electrons. The summed E-state index contributed by atoms with van der Waals surface area (Å²) in [5.41, 5.74) is 2.75. The van der Waals surface area contributed by atoms with Gasteiger partial charge in [-0.3, -0.25) is 4.79 Å². The third-order valence-corrected chi connectivity index (χ3v) is 6.92. The number of fused-ring (bicyclic) bond motifs is 1. The van der Waals surface area contributed by atoms with Crippen molar-refractivity contribution in [3.05, 3.63) is 65.4 Å². The Labute approximate surface area is 217 Å². The van der Waals surface area contributed by atoms with E-state index >= 15 is 0 Å². The van der Waals surface area contributed by atoms with E-state index in [1.807, 2.05) is 53.4 Å². The Morgan fingerprint density at radius 1 is 0.892 bits per heavy atom. The normalized spacial score (nSPS) is 15.8. The molecule has 0 spiro atoms. The number of ether oxygens (including phenoxy) is 3. The van der Waals surface area contributed by atoms with Gasteiger partial charge >= 0.3 is 0 Å². The number of carbonyl (C=O) groups is 1. The van der Waals surface area contributed by atoms with Gasteiger partial charge in [0.1, 0.15) is 17.2 Å². The van der Waals surface area contributed by atoms with E-state index in [4.69, 9.17) is 24.2 Å². The minimum absolute atomic E-state index is 0.0614. The lowest BCUT2D eigenvalue weighted by molar-refractivity contribution is -0.131. The molecule has 1 amide bonds. The predicted octanol–water partition coefficient (Wildman–Crippen LogP) is 3.17. The average Bonchev–Trinajstić information content (AvgIpc) is 2.93. The van der Waals surface area contributed by atoms with Crippen molar-refractivity contribution in [2.75, 3.05) is 58.9 Å². The van der Waals surface area contributed by atoms with Gasteiger partial charge < -0.3 is 28.9 Å². The smallest absolute Gasteiger partial charge is 0.229 e. The Bertz CT molecular complexity index is 1240. The molecule has 37 heavy (non-hydrogen) atoms. The summed E-state index contributed by atoms with van der Waals surface area (Å²) in [6.07, 6.45) is 0.979. The Hall–Kier alpha value is -3.85. The van der Waals surface area contributed by atoms with Crippen molar-refractivity contribution in [2.24, 2.45) is 0 Å². The third kappa shape index (κ3) is 5.77. The molecule has 0 N–H and O–H groups in total. The summed E-state index contributed by atoms with van der Waals surface area (Å²) in [5.74, 6) is 3.35. The molecule has 1 saturated heterocycles. The Morgan fingerprint density at radius 3 is 2.35 bits per heavy atom. The fourth-order valence-electron chi connectivity index (χ4n) is 4.62. The fourth-order valence-corrected chi connectivity index (χ4v) is 4.62. The van der Waals surface area contributed by atoms with Crippen molar-refractivity contribution in [3.63, 3.8) is 0 Å². The number of methoxy groups -OCH3 is 2. The largest absolute Gasteiger partial charge is 0.497 e. The Kier molecular flexibility index (Phi) is 7.41. The van der Waals surface area contributed by atoms with Crippen LogP contribution in [0.25, 0.3) is 0 Å². The minimum atomic E-state index is 0.0614. The number of hydrogen-bond donors (Lipinski definition) is 0. The molecule has 5 rings (SSSR count). The maximum Gasteiger partial charge on any atom is 0.229 e. The molecule has 9 nitrogen and oxygen atoms in total. The first kappa shape index (κ1) is 24.8. The molecule has 1 fully saturated rings. The molecule has 0 saturated carbocycles. The first-order valence-electron chi connectivity index (χ1n) is 12.6. The van der Waals surface area contributed by atoms with Crippen LogP contribution in [0.1, 0.15) is 16.8 Å². The molecule has 0 aliphatic carbocycles. The third-order valence-electron chi connectivity index (χ3n) is 6.92. The van der Waals surface area contributed by atoms with Crippen LogP contribution in [-0.4, -0.2) is 79.7 Å². The lowest BCUT2D eigenvalue weighted by atomic mass is 10.0. The number of rotatable bonds is 7. The number of aromatic nitrogens is 2. The van der Waals surface area contributed by atoms with Crippen LogP contribution in [0.4, 0.5) is 5.95 Å². The van der Waals surface area contributed by atoms with Crippen LogP contribution in [0.3, 0.4) is 0 Å². The monoisotopic (exact) mass is 503 g/mol. The van der Waals surface area contributed by atoms with Crippen molar-refractivity contribution >= 4 is 11.9 Å². The fraction of sp³-hybridized carbons (Fsp3) is 0.393. The second kappa shape index (κ2) is 11.0. The molecule has 194 valence electrons. The van der Waals surface area contributed by atoms with Crippen LogP contribution < -0.4 is 19.1 Å². The molecule has 1 aromatic heterocycles. The van der Waals surface area contributed by atoms with Gasteiger partial charge in [0.25, 0.3) is 0 Å². The van der Waals surface area contributed by atoms with E-state index in [2.05, 4.69) is 16.8 Å². The van der Waals surface area contributed by atoms with E-state index in [1.54, 1.807) is 14.2 Å². The van der Waals surface area contributed by atoms with Crippen molar-refractivity contribution in [3.8, 4) is 23.1 Å². The molecule has 3 aromatic rings. The molecular weight excluding hydrogens is 470 g/mol. The van der Waals surface area contributed by atoms with Gasteiger partial charge in [0.2, 0.25) is 17.7 Å². The first-order chi connectivity index (χ1) is 18.0. The SMILES string of the molecule is COc1ccc(CC(=O)N2CCc3nc(N4CCN(C)CC4)nc(Oc4cccc(OC)c4)c3C2)cc1. The average molecular weight is 504 g/mol. The second-order valence-corrected chi connectivity index (χ2v) is 9.42. The van der Waals surface area contributed by atoms with E-state index in [0.29, 0.717) is 49.3 Å². The highest BCUT2D eigenvalue weighted by atomic mass is 16.5. The first-order valence-corrected chi connectivity index (χ1v) is 12.6. The maximum atomic E-state index is 13.2. The van der Waals surface area contributed by atoms with Crippen molar-refractivity contribution in [1.82, 2.24) is 19.8 Å². The van der Waals surface area contributed by atoms with Crippen LogP contribution in [0.2, 0.25) is 0 Å². The van der Waals surface area contributed by atoms with E-state index in [-0.39, 0.29) is 5.91 Å². The number of hydrogen-bond acceptors (Lipinski definition) is 8. The van der Waals surface area contributed by atoms with Crippen LogP contribution in [0.15, 0.2) is 48.5 Å². The van der Waals surface area contributed by atoms with Crippen molar-refractivity contribution < 1.29 is 19.0 Å². The topological polar surface area (TPSA) is 80.3 Å². The van der Waals surface area contributed by atoms with Gasteiger partial charge in [-0.25, -0.2) is 4.98 Å². The summed E-state index contributed by atoms with van der Waals surface area (Å²) in [4.78, 5) is 29.4. The van der Waals surface area contributed by atoms with Gasteiger partial charge in [-0.05, 0) is 36.9 Å². The van der Waals surface area contributed by atoms with Gasteiger partial charge in [0.15, 0.2) is 0 Å². The Balaban J connectivity index is 1.41. The van der Waals surface area contributed by atoms with Gasteiger partial charge in [-0.1, -0.05) is 18.2 Å². The number of nitrogens with zero attached hydrogens (tertiary/aromatic N) is 5. The molecule has 0 atom stereocenters. The number of piperazine rings is 1. The maximum absolute atomic E-state index is 13.2. The molecule has 9 heteroatoms. The van der Waals surface area contributed by atoms with E-state index in [1.165, 1.54) is 0 Å². The van der Waals surface area contributed by atoms with E-state index in [9.17, 15) is 4.79 Å². The molecule has 3 heterocycles. The molecule has 2 aliphatic rings. The quantitative estimate of drug-likeness (QED) is 0.487. The lowest BCUT2D eigenvalue weighted by Crippen LogP contribution is -2.45. The van der Waals surface area contributed by atoms with Gasteiger partial charge in [0, 0.05) is 45.2 Å². The predicted molar refractivity (Wildman–Crippen MR) is 141 cm³/mol. The van der Waals surface area contributed by atoms with Gasteiger partial charge in [0.05, 0.1) is 38.4 Å². The zero-order chi connectivity index (χ0) is 25.8. The molecule has 2 aromatic carbocycles. The lowest BCUT2D eigenvalue weighted by Gasteiger charge is -2.34.